The summed E-state index contributed by atoms with van der Waals surface area (Å²) in [7, 11) is 5.26. The second-order valence-electron chi connectivity index (χ2n) is 7.03. The normalized spacial score (nSPS) is 15.4. The van der Waals surface area contributed by atoms with Crippen LogP contribution in [0.1, 0.15) is 15.4 Å². The van der Waals surface area contributed by atoms with Crippen LogP contribution in [0.4, 0.5) is 0 Å². The van der Waals surface area contributed by atoms with Gasteiger partial charge in [0.1, 0.15) is 11.5 Å². The first kappa shape index (κ1) is 21.4. The lowest BCUT2D eigenvalue weighted by atomic mass is 10.1. The zero-order chi connectivity index (χ0) is 20.6. The van der Waals surface area contributed by atoms with Crippen molar-refractivity contribution in [2.75, 3.05) is 54.0 Å². The molecule has 158 valence electrons. The van der Waals surface area contributed by atoms with Gasteiger partial charge in [-0.15, -0.1) is 11.3 Å². The Hall–Kier alpha value is -2.32. The van der Waals surface area contributed by atoms with Gasteiger partial charge in [-0.2, -0.15) is 0 Å². The molecule has 0 aliphatic carbocycles. The molecule has 0 amide bonds. The SMILES string of the molecule is CN=C(NCCc1ncc(C)s1)N1CCN(Cc2cc(OC)ccc2OC)CC1. The second kappa shape index (κ2) is 10.5. The first-order valence-electron chi connectivity index (χ1n) is 9.93. The highest BCUT2D eigenvalue weighted by Gasteiger charge is 2.20. The fourth-order valence-corrected chi connectivity index (χ4v) is 4.28. The third-order valence-corrected chi connectivity index (χ3v) is 6.03. The van der Waals surface area contributed by atoms with Crippen molar-refractivity contribution in [3.05, 3.63) is 39.8 Å². The van der Waals surface area contributed by atoms with E-state index in [0.717, 1.165) is 68.7 Å². The number of ether oxygens (including phenoxy) is 2. The lowest BCUT2D eigenvalue weighted by Gasteiger charge is -2.36. The highest BCUT2D eigenvalue weighted by molar-refractivity contribution is 7.11. The van der Waals surface area contributed by atoms with Gasteiger partial charge in [-0.25, -0.2) is 4.98 Å². The Balaban J connectivity index is 1.49. The molecule has 1 aromatic heterocycles. The monoisotopic (exact) mass is 417 g/mol. The van der Waals surface area contributed by atoms with Crippen LogP contribution in [0.25, 0.3) is 0 Å². The lowest BCUT2D eigenvalue weighted by Crippen LogP contribution is -2.52. The number of guanidine groups is 1. The molecule has 1 aliphatic heterocycles. The number of nitrogens with zero attached hydrogens (tertiary/aromatic N) is 4. The van der Waals surface area contributed by atoms with Crippen LogP contribution in [0.5, 0.6) is 11.5 Å². The third kappa shape index (κ3) is 5.83. The van der Waals surface area contributed by atoms with Crippen molar-refractivity contribution in [1.29, 1.82) is 0 Å². The van der Waals surface area contributed by atoms with Crippen molar-refractivity contribution in [2.24, 2.45) is 4.99 Å². The summed E-state index contributed by atoms with van der Waals surface area (Å²) in [6.45, 7) is 7.64. The molecule has 1 aromatic carbocycles. The number of benzene rings is 1. The summed E-state index contributed by atoms with van der Waals surface area (Å²) in [6, 6.07) is 5.97. The Labute approximate surface area is 177 Å². The number of rotatable bonds is 7. The van der Waals surface area contributed by atoms with Crippen molar-refractivity contribution < 1.29 is 9.47 Å². The minimum atomic E-state index is 0.848. The molecule has 1 aliphatic rings. The van der Waals surface area contributed by atoms with Crippen molar-refractivity contribution in [3.8, 4) is 11.5 Å². The summed E-state index contributed by atoms with van der Waals surface area (Å²) < 4.78 is 10.9. The first-order chi connectivity index (χ1) is 14.1. The fraction of sp³-hybridized carbons (Fsp3) is 0.524. The highest BCUT2D eigenvalue weighted by Crippen LogP contribution is 2.25. The molecular formula is C21H31N5O2S. The minimum Gasteiger partial charge on any atom is -0.497 e. The number of nitrogens with one attached hydrogen (secondary N) is 1. The average Bonchev–Trinajstić information content (AvgIpc) is 3.17. The third-order valence-electron chi connectivity index (χ3n) is 5.06. The molecule has 2 aromatic rings. The predicted octanol–water partition coefficient (Wildman–Crippen LogP) is 2.40. The van der Waals surface area contributed by atoms with E-state index in [2.05, 4.69) is 38.1 Å². The second-order valence-corrected chi connectivity index (χ2v) is 8.35. The average molecular weight is 418 g/mol. The van der Waals surface area contributed by atoms with Gasteiger partial charge >= 0.3 is 0 Å². The molecule has 8 heteroatoms. The van der Waals surface area contributed by atoms with E-state index in [-0.39, 0.29) is 0 Å². The van der Waals surface area contributed by atoms with Crippen LogP contribution >= 0.6 is 11.3 Å². The van der Waals surface area contributed by atoms with E-state index in [1.165, 1.54) is 9.88 Å². The molecular weight excluding hydrogens is 386 g/mol. The molecule has 0 unspecified atom stereocenters. The Morgan fingerprint density at radius 2 is 2.00 bits per heavy atom. The maximum absolute atomic E-state index is 5.52. The van der Waals surface area contributed by atoms with Gasteiger partial charge in [0.25, 0.3) is 0 Å². The maximum Gasteiger partial charge on any atom is 0.193 e. The number of aromatic nitrogens is 1. The van der Waals surface area contributed by atoms with Gasteiger partial charge in [0.2, 0.25) is 0 Å². The minimum absolute atomic E-state index is 0.848. The van der Waals surface area contributed by atoms with Crippen molar-refractivity contribution >= 4 is 17.3 Å². The van der Waals surface area contributed by atoms with Crippen LogP contribution in [-0.4, -0.2) is 74.7 Å². The number of hydrogen-bond donors (Lipinski definition) is 1. The Morgan fingerprint density at radius 3 is 2.62 bits per heavy atom. The van der Waals surface area contributed by atoms with Gasteiger partial charge in [0, 0.05) is 69.4 Å². The van der Waals surface area contributed by atoms with Crippen LogP contribution in [-0.2, 0) is 13.0 Å². The summed E-state index contributed by atoms with van der Waals surface area (Å²) in [6.07, 6.45) is 2.86. The van der Waals surface area contributed by atoms with E-state index in [9.17, 15) is 0 Å². The van der Waals surface area contributed by atoms with E-state index in [0.29, 0.717) is 0 Å². The molecule has 1 N–H and O–H groups in total. The molecule has 29 heavy (non-hydrogen) atoms. The summed E-state index contributed by atoms with van der Waals surface area (Å²) in [5.74, 6) is 2.74. The molecule has 0 saturated carbocycles. The molecule has 0 spiro atoms. The highest BCUT2D eigenvalue weighted by atomic mass is 32.1. The smallest absolute Gasteiger partial charge is 0.193 e. The molecule has 0 radical (unpaired) electrons. The van der Waals surface area contributed by atoms with Gasteiger partial charge in [-0.3, -0.25) is 9.89 Å². The van der Waals surface area contributed by atoms with E-state index in [1.807, 2.05) is 25.4 Å². The van der Waals surface area contributed by atoms with Gasteiger partial charge in [0.15, 0.2) is 5.96 Å². The first-order valence-corrected chi connectivity index (χ1v) is 10.7. The summed E-state index contributed by atoms with van der Waals surface area (Å²) in [5, 5.41) is 4.65. The Morgan fingerprint density at radius 1 is 1.21 bits per heavy atom. The Kier molecular flexibility index (Phi) is 7.71. The van der Waals surface area contributed by atoms with Gasteiger partial charge in [-0.05, 0) is 25.1 Å². The predicted molar refractivity (Wildman–Crippen MR) is 118 cm³/mol. The van der Waals surface area contributed by atoms with Crippen molar-refractivity contribution in [1.82, 2.24) is 20.1 Å². The topological polar surface area (TPSA) is 62.2 Å². The number of piperazine rings is 1. The molecule has 1 fully saturated rings. The van der Waals surface area contributed by atoms with E-state index < -0.39 is 0 Å². The van der Waals surface area contributed by atoms with Crippen molar-refractivity contribution in [3.63, 3.8) is 0 Å². The number of hydrogen-bond acceptors (Lipinski definition) is 6. The zero-order valence-corrected chi connectivity index (χ0v) is 18.6. The zero-order valence-electron chi connectivity index (χ0n) is 17.8. The number of aliphatic imine (C=N–C) groups is 1. The van der Waals surface area contributed by atoms with Gasteiger partial charge in [0.05, 0.1) is 19.2 Å². The van der Waals surface area contributed by atoms with Gasteiger partial charge < -0.3 is 19.7 Å². The van der Waals surface area contributed by atoms with Crippen LogP contribution in [0.2, 0.25) is 0 Å². The molecule has 3 rings (SSSR count). The molecule has 2 heterocycles. The number of methoxy groups -OCH3 is 2. The van der Waals surface area contributed by atoms with E-state index >= 15 is 0 Å². The van der Waals surface area contributed by atoms with Gasteiger partial charge in [-0.1, -0.05) is 0 Å². The molecule has 7 nitrogen and oxygen atoms in total. The summed E-state index contributed by atoms with van der Waals surface area (Å²) in [4.78, 5) is 14.9. The van der Waals surface area contributed by atoms with Crippen LogP contribution in [0, 0.1) is 6.92 Å². The maximum atomic E-state index is 5.52. The van der Waals surface area contributed by atoms with Crippen molar-refractivity contribution in [2.45, 2.75) is 19.9 Å². The molecule has 0 bridgehead atoms. The van der Waals surface area contributed by atoms with Crippen LogP contribution in [0.3, 0.4) is 0 Å². The number of thiazole rings is 1. The standard InChI is InChI=1S/C21H31N5O2S/c1-16-14-24-20(29-16)7-8-23-21(22-2)26-11-9-25(10-12-26)15-17-13-18(27-3)5-6-19(17)28-4/h5-6,13-14H,7-12,15H2,1-4H3,(H,22,23). The summed E-state index contributed by atoms with van der Waals surface area (Å²) >= 11 is 1.76. The van der Waals surface area contributed by atoms with E-state index in [1.54, 1.807) is 25.6 Å². The van der Waals surface area contributed by atoms with Crippen LogP contribution in [0.15, 0.2) is 29.4 Å². The van der Waals surface area contributed by atoms with E-state index in [4.69, 9.17) is 9.47 Å². The molecule has 1 saturated heterocycles. The summed E-state index contributed by atoms with van der Waals surface area (Å²) in [5.41, 5.74) is 1.15. The molecule has 0 atom stereocenters. The number of aryl methyl sites for hydroxylation is 1. The quantitative estimate of drug-likeness (QED) is 0.551. The largest absolute Gasteiger partial charge is 0.497 e. The van der Waals surface area contributed by atoms with Crippen LogP contribution < -0.4 is 14.8 Å². The Bertz CT molecular complexity index is 815. The lowest BCUT2D eigenvalue weighted by molar-refractivity contribution is 0.171. The fourth-order valence-electron chi connectivity index (χ4n) is 3.49.